The van der Waals surface area contributed by atoms with Gasteiger partial charge < -0.3 is 26.6 Å². The molecule has 3 aromatic carbocycles. The number of rotatable bonds is 8. The van der Waals surface area contributed by atoms with E-state index in [1.807, 2.05) is 72.8 Å². The first kappa shape index (κ1) is 27.6. The van der Waals surface area contributed by atoms with Gasteiger partial charge in [-0.15, -0.1) is 0 Å². The van der Waals surface area contributed by atoms with Crippen LogP contribution in [0.5, 0.6) is 0 Å². The largest absolute Gasteiger partial charge is 0.536 e. The van der Waals surface area contributed by atoms with Crippen LogP contribution in [-0.2, 0) is 26.6 Å². The first-order valence-electron chi connectivity index (χ1n) is 11.1. The number of benzene rings is 3. The zero-order valence-electron chi connectivity index (χ0n) is 21.4. The summed E-state index contributed by atoms with van der Waals surface area (Å²) in [5, 5.41) is 1.77. The van der Waals surface area contributed by atoms with E-state index in [4.69, 9.17) is 26.6 Å². The Labute approximate surface area is 215 Å². The van der Waals surface area contributed by atoms with Gasteiger partial charge in [0.1, 0.15) is 0 Å². The van der Waals surface area contributed by atoms with Crippen LogP contribution in [-0.4, -0.2) is 60.3 Å². The molecule has 0 radical (unpaired) electrons. The van der Waals surface area contributed by atoms with Crippen molar-refractivity contribution in [2.24, 2.45) is 0 Å². The normalized spacial score (nSPS) is 11.3. The van der Waals surface area contributed by atoms with E-state index >= 15 is 0 Å². The van der Waals surface area contributed by atoms with Crippen molar-refractivity contribution in [1.82, 2.24) is 0 Å². The zero-order valence-corrected chi connectivity index (χ0v) is 23.4. The van der Waals surface area contributed by atoms with E-state index in [1.54, 1.807) is 42.7 Å². The smallest absolute Gasteiger partial charge is 0.373 e. The van der Waals surface area contributed by atoms with Crippen LogP contribution in [0, 0.1) is 23.7 Å². The summed E-state index contributed by atoms with van der Waals surface area (Å²) < 4.78 is 33.1. The molecule has 3 aromatic rings. The Hall–Kier alpha value is -3.03. The first-order valence-corrected chi connectivity index (χ1v) is 14.6. The molecule has 6 nitrogen and oxygen atoms in total. The van der Waals surface area contributed by atoms with Crippen molar-refractivity contribution in [3.05, 3.63) is 95.1 Å². The molecule has 8 heteroatoms. The Kier molecular flexibility index (Phi) is 9.79. The minimum absolute atomic E-state index is 0.885. The number of hydrogen-bond donors (Lipinski definition) is 0. The molecule has 0 aliphatic rings. The van der Waals surface area contributed by atoms with Crippen LogP contribution < -0.4 is 10.4 Å². The zero-order chi connectivity index (χ0) is 26.0. The van der Waals surface area contributed by atoms with E-state index < -0.39 is 17.6 Å². The van der Waals surface area contributed by atoms with E-state index in [0.29, 0.717) is 0 Å². The Balaban J connectivity index is 1.69. The summed E-state index contributed by atoms with van der Waals surface area (Å²) in [5.74, 6) is 12.7. The van der Waals surface area contributed by atoms with Crippen molar-refractivity contribution in [3.8, 4) is 23.7 Å². The van der Waals surface area contributed by atoms with Crippen LogP contribution in [0.1, 0.15) is 22.3 Å². The average Bonchev–Trinajstić information content (AvgIpc) is 2.95. The summed E-state index contributed by atoms with van der Waals surface area (Å²) in [5.41, 5.74) is 3.59. The fourth-order valence-electron chi connectivity index (χ4n) is 3.65. The van der Waals surface area contributed by atoms with Gasteiger partial charge in [-0.05, 0) is 48.5 Å². The molecule has 0 aliphatic carbocycles. The first-order chi connectivity index (χ1) is 17.5. The van der Waals surface area contributed by atoms with Gasteiger partial charge in [0.25, 0.3) is 0 Å². The van der Waals surface area contributed by atoms with Crippen LogP contribution in [0.2, 0.25) is 0 Å². The van der Waals surface area contributed by atoms with Gasteiger partial charge in [-0.3, -0.25) is 0 Å². The molecule has 0 unspecified atom stereocenters. The molecule has 0 aromatic heterocycles. The SMILES string of the molecule is CO[Si](OC)(OC)c1ccc(C#Cc2ccc(C#Cc3ccc([Si](OC)(OC)OC)cc3)cc2)cc1. The maximum absolute atomic E-state index is 5.52. The lowest BCUT2D eigenvalue weighted by molar-refractivity contribution is 0.140. The molecule has 0 spiro atoms. The van der Waals surface area contributed by atoms with E-state index in [-0.39, 0.29) is 0 Å². The van der Waals surface area contributed by atoms with Gasteiger partial charge in [-0.1, -0.05) is 47.9 Å². The highest BCUT2D eigenvalue weighted by Gasteiger charge is 2.41. The maximum atomic E-state index is 5.52. The van der Waals surface area contributed by atoms with Gasteiger partial charge in [0.2, 0.25) is 0 Å². The van der Waals surface area contributed by atoms with E-state index in [9.17, 15) is 0 Å². The quantitative estimate of drug-likeness (QED) is 0.338. The standard InChI is InChI=1S/C28H30O6Si2/c1-29-35(30-2,31-3)27-19-15-25(16-20-27)13-11-23-7-9-24(10-8-23)12-14-26-17-21-28(22-18-26)36(32-4,33-5)34-6/h7-10,15-22H,1-6H3. The molecule has 36 heavy (non-hydrogen) atoms. The van der Waals surface area contributed by atoms with Gasteiger partial charge in [0, 0.05) is 75.3 Å². The molecule has 0 atom stereocenters. The minimum atomic E-state index is -2.84. The molecule has 0 N–H and O–H groups in total. The van der Waals surface area contributed by atoms with E-state index in [2.05, 4.69) is 23.7 Å². The predicted octanol–water partition coefficient (Wildman–Crippen LogP) is 2.66. The predicted molar refractivity (Wildman–Crippen MR) is 144 cm³/mol. The lowest BCUT2D eigenvalue weighted by Crippen LogP contribution is -2.54. The van der Waals surface area contributed by atoms with Crippen molar-refractivity contribution < 1.29 is 26.6 Å². The second kappa shape index (κ2) is 12.8. The van der Waals surface area contributed by atoms with Crippen molar-refractivity contribution in [2.45, 2.75) is 0 Å². The molecule has 0 aliphatic heterocycles. The third kappa shape index (κ3) is 6.20. The molecule has 0 bridgehead atoms. The summed E-state index contributed by atoms with van der Waals surface area (Å²) in [6.45, 7) is 0. The molecule has 186 valence electrons. The monoisotopic (exact) mass is 518 g/mol. The lowest BCUT2D eigenvalue weighted by atomic mass is 10.1. The Morgan fingerprint density at radius 2 is 0.556 bits per heavy atom. The van der Waals surface area contributed by atoms with Crippen LogP contribution in [0.15, 0.2) is 72.8 Å². The van der Waals surface area contributed by atoms with Gasteiger partial charge in [-0.25, -0.2) is 0 Å². The topological polar surface area (TPSA) is 55.4 Å². The van der Waals surface area contributed by atoms with Crippen molar-refractivity contribution >= 4 is 28.0 Å². The fourth-order valence-corrected chi connectivity index (χ4v) is 7.21. The molecular weight excluding hydrogens is 488 g/mol. The molecule has 0 saturated heterocycles. The minimum Gasteiger partial charge on any atom is -0.373 e. The summed E-state index contributed by atoms with van der Waals surface area (Å²) >= 11 is 0. The molecule has 3 rings (SSSR count). The van der Waals surface area contributed by atoms with Crippen LogP contribution in [0.3, 0.4) is 0 Å². The fraction of sp³-hybridized carbons (Fsp3) is 0.214. The third-order valence-corrected chi connectivity index (χ3v) is 11.0. The summed E-state index contributed by atoms with van der Waals surface area (Å²) in [6.07, 6.45) is 0. The summed E-state index contributed by atoms with van der Waals surface area (Å²) in [6, 6.07) is 23.3. The highest BCUT2D eigenvalue weighted by atomic mass is 28.4. The van der Waals surface area contributed by atoms with Gasteiger partial charge in [0.15, 0.2) is 0 Å². The van der Waals surface area contributed by atoms with Crippen LogP contribution >= 0.6 is 0 Å². The summed E-state index contributed by atoms with van der Waals surface area (Å²) in [4.78, 5) is 0. The van der Waals surface area contributed by atoms with Gasteiger partial charge in [-0.2, -0.15) is 0 Å². The van der Waals surface area contributed by atoms with Gasteiger partial charge >= 0.3 is 17.6 Å². The molecule has 0 amide bonds. The Morgan fingerprint density at radius 3 is 0.750 bits per heavy atom. The van der Waals surface area contributed by atoms with E-state index in [1.165, 1.54) is 0 Å². The van der Waals surface area contributed by atoms with Crippen LogP contribution in [0.4, 0.5) is 0 Å². The molecule has 0 fully saturated rings. The molecule has 0 saturated carbocycles. The number of hydrogen-bond acceptors (Lipinski definition) is 6. The van der Waals surface area contributed by atoms with Crippen LogP contribution in [0.25, 0.3) is 0 Å². The lowest BCUT2D eigenvalue weighted by Gasteiger charge is -2.24. The maximum Gasteiger partial charge on any atom is 0.536 e. The molecule has 0 heterocycles. The third-order valence-electron chi connectivity index (χ3n) is 5.68. The summed E-state index contributed by atoms with van der Waals surface area (Å²) in [7, 11) is 3.88. The van der Waals surface area contributed by atoms with E-state index in [0.717, 1.165) is 32.6 Å². The Bertz CT molecular complexity index is 1130. The molecular formula is C28H30O6Si2. The van der Waals surface area contributed by atoms with Crippen molar-refractivity contribution in [1.29, 1.82) is 0 Å². The highest BCUT2D eigenvalue weighted by Crippen LogP contribution is 2.10. The second-order valence-electron chi connectivity index (χ2n) is 7.57. The van der Waals surface area contributed by atoms with Gasteiger partial charge in [0.05, 0.1) is 0 Å². The Morgan fingerprint density at radius 1 is 0.361 bits per heavy atom. The average molecular weight is 519 g/mol. The van der Waals surface area contributed by atoms with Crippen molar-refractivity contribution in [3.63, 3.8) is 0 Å². The second-order valence-corrected chi connectivity index (χ2v) is 13.4. The highest BCUT2D eigenvalue weighted by molar-refractivity contribution is 6.75. The van der Waals surface area contributed by atoms with Crippen molar-refractivity contribution in [2.75, 3.05) is 42.7 Å².